The van der Waals surface area contributed by atoms with Crippen molar-refractivity contribution in [3.05, 3.63) is 35.9 Å². The highest BCUT2D eigenvalue weighted by Crippen LogP contribution is 2.15. The number of rotatable bonds is 8. The summed E-state index contributed by atoms with van der Waals surface area (Å²) in [4.78, 5) is 10.4. The van der Waals surface area contributed by atoms with E-state index in [1.807, 2.05) is 19.1 Å². The summed E-state index contributed by atoms with van der Waals surface area (Å²) in [6.07, 6.45) is 2.63. The van der Waals surface area contributed by atoms with E-state index in [1.165, 1.54) is 6.08 Å². The molecule has 0 saturated carbocycles. The number of ether oxygens (including phenoxy) is 1. The Kier molecular flexibility index (Phi) is 7.07. The van der Waals surface area contributed by atoms with E-state index in [1.54, 1.807) is 23.9 Å². The quantitative estimate of drug-likeness (QED) is 0.565. The number of aliphatic hydroxyl groups excluding tert-OH is 1. The smallest absolute Gasteiger partial charge is 0.328 e. The van der Waals surface area contributed by atoms with Gasteiger partial charge in [0.1, 0.15) is 5.75 Å². The molecule has 0 spiro atoms. The molecule has 0 radical (unpaired) electrons. The van der Waals surface area contributed by atoms with Gasteiger partial charge in [0, 0.05) is 17.1 Å². The fourth-order valence-electron chi connectivity index (χ4n) is 1.30. The highest BCUT2D eigenvalue weighted by atomic mass is 32.2. The summed E-state index contributed by atoms with van der Waals surface area (Å²) in [6.45, 7) is 2.73. The molecule has 1 unspecified atom stereocenters. The third-order valence-electron chi connectivity index (χ3n) is 2.31. The van der Waals surface area contributed by atoms with Crippen LogP contribution in [0.1, 0.15) is 12.5 Å². The molecule has 0 aliphatic carbocycles. The summed E-state index contributed by atoms with van der Waals surface area (Å²) < 4.78 is 5.54. The molecule has 0 bridgehead atoms. The minimum absolute atomic E-state index is 0.176. The molecule has 0 saturated heterocycles. The highest BCUT2D eigenvalue weighted by Gasteiger charge is 2.00. The Hall–Kier alpha value is -1.46. The maximum Gasteiger partial charge on any atom is 0.328 e. The van der Waals surface area contributed by atoms with Gasteiger partial charge < -0.3 is 14.9 Å². The average molecular weight is 282 g/mol. The van der Waals surface area contributed by atoms with Crippen LogP contribution in [0.4, 0.5) is 0 Å². The van der Waals surface area contributed by atoms with E-state index in [0.29, 0.717) is 6.61 Å². The first-order valence-corrected chi connectivity index (χ1v) is 7.03. The number of aliphatic hydroxyl groups is 1. The van der Waals surface area contributed by atoms with Gasteiger partial charge in [-0.05, 0) is 23.8 Å². The lowest BCUT2D eigenvalue weighted by Gasteiger charge is -2.09. The van der Waals surface area contributed by atoms with Gasteiger partial charge in [0.2, 0.25) is 0 Å². The molecule has 0 amide bonds. The minimum Gasteiger partial charge on any atom is -0.493 e. The Balaban J connectivity index is 2.34. The van der Waals surface area contributed by atoms with Crippen molar-refractivity contribution in [1.29, 1.82) is 0 Å². The Bertz CT molecular complexity index is 414. The van der Waals surface area contributed by atoms with Crippen LogP contribution in [0.5, 0.6) is 5.75 Å². The maximum atomic E-state index is 10.4. The molecule has 4 nitrogen and oxygen atoms in total. The summed E-state index contributed by atoms with van der Waals surface area (Å²) >= 11 is 1.66. The average Bonchev–Trinajstić information content (AvgIpc) is 2.42. The lowest BCUT2D eigenvalue weighted by atomic mass is 10.2. The van der Waals surface area contributed by atoms with Crippen LogP contribution < -0.4 is 4.74 Å². The molecule has 1 atom stereocenters. The largest absolute Gasteiger partial charge is 0.493 e. The summed E-state index contributed by atoms with van der Waals surface area (Å²) in [5.74, 6) is 0.614. The first-order valence-electron chi connectivity index (χ1n) is 5.98. The third-order valence-corrected chi connectivity index (χ3v) is 3.43. The van der Waals surface area contributed by atoms with Crippen molar-refractivity contribution in [2.45, 2.75) is 12.2 Å². The van der Waals surface area contributed by atoms with Crippen LogP contribution in [0, 0.1) is 0 Å². The molecule has 0 aromatic heterocycles. The highest BCUT2D eigenvalue weighted by molar-refractivity contribution is 7.99. The Morgan fingerprint density at radius 2 is 2.11 bits per heavy atom. The number of hydrogen-bond acceptors (Lipinski definition) is 4. The van der Waals surface area contributed by atoms with E-state index >= 15 is 0 Å². The van der Waals surface area contributed by atoms with Crippen LogP contribution >= 0.6 is 11.8 Å². The Morgan fingerprint density at radius 3 is 2.68 bits per heavy atom. The zero-order valence-corrected chi connectivity index (χ0v) is 11.6. The van der Waals surface area contributed by atoms with E-state index in [-0.39, 0.29) is 11.9 Å². The second-order valence-corrected chi connectivity index (χ2v) is 5.50. The predicted octanol–water partition coefficient (Wildman–Crippen LogP) is 2.28. The van der Waals surface area contributed by atoms with Crippen LogP contribution in [0.2, 0.25) is 0 Å². The van der Waals surface area contributed by atoms with Gasteiger partial charge in [-0.25, -0.2) is 4.79 Å². The van der Waals surface area contributed by atoms with Crippen LogP contribution in [0.15, 0.2) is 30.3 Å². The number of hydrogen-bond donors (Lipinski definition) is 2. The number of benzene rings is 1. The van der Waals surface area contributed by atoms with Crippen molar-refractivity contribution in [2.24, 2.45) is 0 Å². The molecule has 19 heavy (non-hydrogen) atoms. The van der Waals surface area contributed by atoms with Crippen molar-refractivity contribution < 1.29 is 19.7 Å². The lowest BCUT2D eigenvalue weighted by Crippen LogP contribution is -2.07. The van der Waals surface area contributed by atoms with Crippen LogP contribution in [-0.4, -0.2) is 40.4 Å². The van der Waals surface area contributed by atoms with E-state index in [4.69, 9.17) is 14.9 Å². The molecular weight excluding hydrogens is 264 g/mol. The molecule has 0 fully saturated rings. The first-order chi connectivity index (χ1) is 9.11. The van der Waals surface area contributed by atoms with Crippen molar-refractivity contribution in [3.63, 3.8) is 0 Å². The molecule has 0 aliphatic rings. The molecule has 5 heteroatoms. The lowest BCUT2D eigenvalue weighted by molar-refractivity contribution is -0.131. The summed E-state index contributed by atoms with van der Waals surface area (Å²) in [5.41, 5.74) is 0.818. The fraction of sp³-hybridized carbons (Fsp3) is 0.357. The van der Waals surface area contributed by atoms with Crippen LogP contribution in [0.25, 0.3) is 6.08 Å². The predicted molar refractivity (Wildman–Crippen MR) is 77.6 cm³/mol. The van der Waals surface area contributed by atoms with E-state index in [0.717, 1.165) is 23.1 Å². The second kappa shape index (κ2) is 8.61. The number of carboxylic acid groups (broad SMARTS) is 1. The van der Waals surface area contributed by atoms with E-state index in [2.05, 4.69) is 0 Å². The van der Waals surface area contributed by atoms with Gasteiger partial charge >= 0.3 is 5.97 Å². The zero-order valence-electron chi connectivity index (χ0n) is 10.8. The van der Waals surface area contributed by atoms with Gasteiger partial charge in [-0.15, -0.1) is 0 Å². The maximum absolute atomic E-state index is 10.4. The van der Waals surface area contributed by atoms with Crippen molar-refractivity contribution in [2.75, 3.05) is 19.0 Å². The number of thioether (sulfide) groups is 1. The molecule has 104 valence electrons. The molecular formula is C14H18O4S. The molecule has 1 aromatic carbocycles. The Morgan fingerprint density at radius 1 is 1.42 bits per heavy atom. The molecule has 1 aromatic rings. The minimum atomic E-state index is -0.963. The summed E-state index contributed by atoms with van der Waals surface area (Å²) in [5, 5.41) is 17.6. The number of aliphatic carboxylic acids is 1. The molecule has 0 aliphatic heterocycles. The van der Waals surface area contributed by atoms with Crippen LogP contribution in [-0.2, 0) is 4.79 Å². The molecule has 1 rings (SSSR count). The van der Waals surface area contributed by atoms with Gasteiger partial charge in [0.15, 0.2) is 0 Å². The fourth-order valence-corrected chi connectivity index (χ4v) is 1.99. The third kappa shape index (κ3) is 6.88. The zero-order chi connectivity index (χ0) is 14.1. The van der Waals surface area contributed by atoms with Gasteiger partial charge in [-0.2, -0.15) is 11.8 Å². The summed E-state index contributed by atoms with van der Waals surface area (Å²) in [6, 6.07) is 7.22. The van der Waals surface area contributed by atoms with Crippen molar-refractivity contribution >= 4 is 23.8 Å². The number of carbonyl (C=O) groups is 1. The van der Waals surface area contributed by atoms with Crippen molar-refractivity contribution in [3.8, 4) is 5.75 Å². The normalized spacial score (nSPS) is 12.5. The van der Waals surface area contributed by atoms with Gasteiger partial charge in [0.25, 0.3) is 0 Å². The number of carboxylic acids is 1. The second-order valence-electron chi connectivity index (χ2n) is 3.95. The van der Waals surface area contributed by atoms with Crippen LogP contribution in [0.3, 0.4) is 0 Å². The summed E-state index contributed by atoms with van der Waals surface area (Å²) in [7, 11) is 0. The monoisotopic (exact) mass is 282 g/mol. The standard InChI is InChI=1S/C14H18O4S/c1-11(10-15)19-9-8-18-13-5-2-12(3-6-13)4-7-14(16)17/h2-7,11,15H,8-10H2,1H3,(H,16,17)/b7-4+. The van der Waals surface area contributed by atoms with E-state index < -0.39 is 5.97 Å². The van der Waals surface area contributed by atoms with Gasteiger partial charge in [-0.3, -0.25) is 0 Å². The molecule has 2 N–H and O–H groups in total. The Labute approximate surface area is 117 Å². The SMILES string of the molecule is CC(CO)SCCOc1ccc(/C=C/C(=O)O)cc1. The topological polar surface area (TPSA) is 66.8 Å². The van der Waals surface area contributed by atoms with E-state index in [9.17, 15) is 4.79 Å². The van der Waals surface area contributed by atoms with Gasteiger partial charge in [0.05, 0.1) is 13.2 Å². The first kappa shape index (κ1) is 15.6. The van der Waals surface area contributed by atoms with Crippen molar-refractivity contribution in [1.82, 2.24) is 0 Å². The molecule has 0 heterocycles. The van der Waals surface area contributed by atoms with Gasteiger partial charge in [-0.1, -0.05) is 19.1 Å².